The van der Waals surface area contributed by atoms with Crippen molar-refractivity contribution in [1.82, 2.24) is 4.90 Å². The molecule has 20 heavy (non-hydrogen) atoms. The number of fused-ring (bicyclic) bond motifs is 1. The molecule has 2 aromatic rings. The summed E-state index contributed by atoms with van der Waals surface area (Å²) in [6.45, 7) is 6.64. The van der Waals surface area contributed by atoms with Crippen molar-refractivity contribution in [1.29, 1.82) is 0 Å². The molecule has 0 radical (unpaired) electrons. The Balaban J connectivity index is 2.35. The fourth-order valence-electron chi connectivity index (χ4n) is 2.35. The van der Waals surface area contributed by atoms with Crippen LogP contribution in [0.3, 0.4) is 0 Å². The van der Waals surface area contributed by atoms with Gasteiger partial charge in [0.25, 0.3) is 0 Å². The van der Waals surface area contributed by atoms with E-state index in [0.29, 0.717) is 12.1 Å². The third-order valence-electron chi connectivity index (χ3n) is 3.46. The predicted molar refractivity (Wildman–Crippen MR) is 79.9 cm³/mol. The first-order valence-electron chi connectivity index (χ1n) is 7.00. The molecule has 0 atom stereocenters. The highest BCUT2D eigenvalue weighted by Gasteiger charge is 2.09. The van der Waals surface area contributed by atoms with Crippen LogP contribution in [0.1, 0.15) is 24.5 Å². The summed E-state index contributed by atoms with van der Waals surface area (Å²) < 4.78 is 5.27. The largest absolute Gasteiger partial charge is 0.423 e. The van der Waals surface area contributed by atoms with Gasteiger partial charge in [-0.1, -0.05) is 19.1 Å². The zero-order valence-corrected chi connectivity index (χ0v) is 12.1. The van der Waals surface area contributed by atoms with E-state index in [1.807, 2.05) is 25.1 Å². The second-order valence-electron chi connectivity index (χ2n) is 5.04. The minimum atomic E-state index is -0.309. The summed E-state index contributed by atoms with van der Waals surface area (Å²) in [6.07, 6.45) is 0.742. The third kappa shape index (κ3) is 3.46. The number of aliphatic hydroxyl groups excluding tert-OH is 1. The van der Waals surface area contributed by atoms with Crippen molar-refractivity contribution in [3.8, 4) is 0 Å². The maximum Gasteiger partial charge on any atom is 0.336 e. The van der Waals surface area contributed by atoms with E-state index in [-0.39, 0.29) is 12.2 Å². The third-order valence-corrected chi connectivity index (χ3v) is 3.46. The summed E-state index contributed by atoms with van der Waals surface area (Å²) in [6, 6.07) is 7.49. The molecule has 1 aromatic carbocycles. The van der Waals surface area contributed by atoms with Crippen molar-refractivity contribution < 1.29 is 9.52 Å². The Morgan fingerprint density at radius 1 is 1.30 bits per heavy atom. The Hall–Kier alpha value is -1.65. The molecule has 4 heteroatoms. The number of benzene rings is 1. The van der Waals surface area contributed by atoms with E-state index in [4.69, 9.17) is 9.52 Å². The van der Waals surface area contributed by atoms with Crippen LogP contribution in [0, 0.1) is 6.92 Å². The van der Waals surface area contributed by atoms with Gasteiger partial charge in [-0.3, -0.25) is 4.90 Å². The smallest absolute Gasteiger partial charge is 0.336 e. The van der Waals surface area contributed by atoms with Crippen LogP contribution in [0.15, 0.2) is 33.5 Å². The predicted octanol–water partition coefficient (Wildman–Crippen LogP) is 2.31. The lowest BCUT2D eigenvalue weighted by Gasteiger charge is -2.20. The van der Waals surface area contributed by atoms with Gasteiger partial charge < -0.3 is 9.52 Å². The van der Waals surface area contributed by atoms with Gasteiger partial charge in [-0.05, 0) is 37.1 Å². The van der Waals surface area contributed by atoms with Crippen LogP contribution in [0.4, 0.5) is 0 Å². The molecule has 0 fully saturated rings. The number of aryl methyl sites for hydroxylation is 1. The maximum absolute atomic E-state index is 11.7. The summed E-state index contributed by atoms with van der Waals surface area (Å²) in [5, 5.41) is 9.92. The van der Waals surface area contributed by atoms with Crippen LogP contribution >= 0.6 is 0 Å². The topological polar surface area (TPSA) is 53.7 Å². The van der Waals surface area contributed by atoms with E-state index in [1.54, 1.807) is 6.07 Å². The second kappa shape index (κ2) is 6.68. The van der Waals surface area contributed by atoms with Gasteiger partial charge in [0.05, 0.1) is 0 Å². The highest BCUT2D eigenvalue weighted by Crippen LogP contribution is 2.19. The average molecular weight is 275 g/mol. The Kier molecular flexibility index (Phi) is 4.93. The molecule has 0 amide bonds. The van der Waals surface area contributed by atoms with Crippen molar-refractivity contribution in [3.63, 3.8) is 0 Å². The Bertz CT molecular complexity index is 633. The van der Waals surface area contributed by atoms with Gasteiger partial charge in [0.1, 0.15) is 5.58 Å². The molecule has 0 aliphatic heterocycles. The molecule has 1 N–H and O–H groups in total. The van der Waals surface area contributed by atoms with Crippen LogP contribution in [0.25, 0.3) is 11.0 Å². The SMILES string of the molecule is CCN(CCCO)Cc1cc(=O)oc2cc(C)ccc12. The molecule has 0 saturated carbocycles. The van der Waals surface area contributed by atoms with Gasteiger partial charge in [0, 0.05) is 31.1 Å². The van der Waals surface area contributed by atoms with Crippen molar-refractivity contribution in [2.45, 2.75) is 26.8 Å². The standard InChI is InChI=1S/C16H21NO3/c1-3-17(7-4-8-18)11-13-10-16(19)20-15-9-12(2)5-6-14(13)15/h5-6,9-10,18H,3-4,7-8,11H2,1-2H3. The summed E-state index contributed by atoms with van der Waals surface area (Å²) in [5.41, 5.74) is 2.39. The minimum absolute atomic E-state index is 0.188. The Labute approximate surface area is 118 Å². The van der Waals surface area contributed by atoms with Gasteiger partial charge in [0.2, 0.25) is 0 Å². The van der Waals surface area contributed by atoms with Crippen LogP contribution in [0.5, 0.6) is 0 Å². The van der Waals surface area contributed by atoms with Gasteiger partial charge >= 0.3 is 5.63 Å². The zero-order chi connectivity index (χ0) is 14.5. The van der Waals surface area contributed by atoms with Crippen LogP contribution < -0.4 is 5.63 Å². The van der Waals surface area contributed by atoms with Gasteiger partial charge in [0.15, 0.2) is 0 Å². The number of hydrogen-bond acceptors (Lipinski definition) is 4. The van der Waals surface area contributed by atoms with Gasteiger partial charge in [-0.15, -0.1) is 0 Å². The number of nitrogens with zero attached hydrogens (tertiary/aromatic N) is 1. The van der Waals surface area contributed by atoms with Crippen molar-refractivity contribution >= 4 is 11.0 Å². The molecule has 108 valence electrons. The van der Waals surface area contributed by atoms with E-state index >= 15 is 0 Å². The lowest BCUT2D eigenvalue weighted by Crippen LogP contribution is -2.25. The van der Waals surface area contributed by atoms with Crippen LogP contribution in [-0.4, -0.2) is 29.7 Å². The molecule has 0 aliphatic carbocycles. The lowest BCUT2D eigenvalue weighted by atomic mass is 10.1. The first kappa shape index (κ1) is 14.8. The first-order valence-corrected chi connectivity index (χ1v) is 7.00. The molecular weight excluding hydrogens is 254 g/mol. The molecule has 0 saturated heterocycles. The van der Waals surface area contributed by atoms with E-state index in [9.17, 15) is 4.79 Å². The lowest BCUT2D eigenvalue weighted by molar-refractivity contribution is 0.225. The van der Waals surface area contributed by atoms with Crippen LogP contribution in [0.2, 0.25) is 0 Å². The summed E-state index contributed by atoms with van der Waals surface area (Å²) >= 11 is 0. The van der Waals surface area contributed by atoms with E-state index < -0.39 is 0 Å². The van der Waals surface area contributed by atoms with Crippen molar-refractivity contribution in [2.75, 3.05) is 19.7 Å². The Morgan fingerprint density at radius 2 is 2.10 bits per heavy atom. The van der Waals surface area contributed by atoms with Crippen molar-refractivity contribution in [2.24, 2.45) is 0 Å². The molecular formula is C16H21NO3. The molecule has 0 spiro atoms. The zero-order valence-electron chi connectivity index (χ0n) is 12.1. The highest BCUT2D eigenvalue weighted by molar-refractivity contribution is 5.80. The van der Waals surface area contributed by atoms with E-state index in [2.05, 4.69) is 11.8 Å². The minimum Gasteiger partial charge on any atom is -0.423 e. The van der Waals surface area contributed by atoms with E-state index in [0.717, 1.165) is 36.0 Å². The Morgan fingerprint density at radius 3 is 2.80 bits per heavy atom. The highest BCUT2D eigenvalue weighted by atomic mass is 16.4. The normalized spacial score (nSPS) is 11.4. The quantitative estimate of drug-likeness (QED) is 0.822. The molecule has 4 nitrogen and oxygen atoms in total. The molecule has 0 aliphatic rings. The second-order valence-corrected chi connectivity index (χ2v) is 5.04. The molecule has 0 bridgehead atoms. The van der Waals surface area contributed by atoms with Gasteiger partial charge in [-0.2, -0.15) is 0 Å². The summed E-state index contributed by atoms with van der Waals surface area (Å²) in [7, 11) is 0. The average Bonchev–Trinajstić information content (AvgIpc) is 2.42. The number of hydrogen-bond donors (Lipinski definition) is 1. The monoisotopic (exact) mass is 275 g/mol. The van der Waals surface area contributed by atoms with Crippen molar-refractivity contribution in [3.05, 3.63) is 45.8 Å². The van der Waals surface area contributed by atoms with Crippen LogP contribution in [-0.2, 0) is 6.54 Å². The maximum atomic E-state index is 11.7. The molecule has 2 rings (SSSR count). The number of rotatable bonds is 6. The van der Waals surface area contributed by atoms with Gasteiger partial charge in [-0.25, -0.2) is 4.79 Å². The van der Waals surface area contributed by atoms with E-state index in [1.165, 1.54) is 0 Å². The fourth-order valence-corrected chi connectivity index (χ4v) is 2.35. The number of aliphatic hydroxyl groups is 1. The summed E-state index contributed by atoms with van der Waals surface area (Å²) in [5.74, 6) is 0. The summed E-state index contributed by atoms with van der Waals surface area (Å²) in [4.78, 5) is 13.9. The molecule has 0 unspecified atom stereocenters. The molecule has 1 heterocycles. The first-order chi connectivity index (χ1) is 9.63. The fraction of sp³-hybridized carbons (Fsp3) is 0.438. The molecule has 1 aromatic heterocycles.